The van der Waals surface area contributed by atoms with Crippen LogP contribution < -0.4 is 0 Å². The van der Waals surface area contributed by atoms with Crippen LogP contribution in [0.2, 0.25) is 0 Å². The maximum atomic E-state index is 12.9. The van der Waals surface area contributed by atoms with E-state index < -0.39 is 12.0 Å². The molecule has 0 saturated carbocycles. The Labute approximate surface area is 127 Å². The largest absolute Gasteiger partial charge is 0.480 e. The average molecular weight is 296 g/mol. The SMILES string of the molecule is CCC1CCCCCN1C(=O)N1CCC(C)CC1C(=O)O. The summed E-state index contributed by atoms with van der Waals surface area (Å²) in [6.07, 6.45) is 6.84. The van der Waals surface area contributed by atoms with E-state index in [0.29, 0.717) is 18.9 Å². The predicted molar refractivity (Wildman–Crippen MR) is 81.2 cm³/mol. The van der Waals surface area contributed by atoms with E-state index in [2.05, 4.69) is 13.8 Å². The predicted octanol–water partition coefficient (Wildman–Crippen LogP) is 2.95. The van der Waals surface area contributed by atoms with Crippen molar-refractivity contribution in [2.75, 3.05) is 13.1 Å². The summed E-state index contributed by atoms with van der Waals surface area (Å²) in [5.74, 6) is -0.487. The van der Waals surface area contributed by atoms with Crippen LogP contribution in [0.3, 0.4) is 0 Å². The molecule has 2 aliphatic rings. The van der Waals surface area contributed by atoms with Gasteiger partial charge in [0.15, 0.2) is 0 Å². The monoisotopic (exact) mass is 296 g/mol. The standard InChI is InChI=1S/C16H28N2O3/c1-3-13-7-5-4-6-9-17(13)16(21)18-10-8-12(2)11-14(18)15(19)20/h12-14H,3-11H2,1-2H3,(H,19,20). The number of amides is 2. The molecule has 2 rings (SSSR count). The molecule has 0 bridgehead atoms. The summed E-state index contributed by atoms with van der Waals surface area (Å²) in [7, 11) is 0. The fourth-order valence-corrected chi connectivity index (χ4v) is 3.62. The number of aliphatic carboxylic acids is 1. The van der Waals surface area contributed by atoms with Gasteiger partial charge in [0.1, 0.15) is 6.04 Å². The van der Waals surface area contributed by atoms with Gasteiger partial charge < -0.3 is 14.9 Å². The molecule has 21 heavy (non-hydrogen) atoms. The number of hydrogen-bond donors (Lipinski definition) is 1. The van der Waals surface area contributed by atoms with E-state index in [-0.39, 0.29) is 12.1 Å². The Balaban J connectivity index is 2.13. The number of urea groups is 1. The molecule has 2 fully saturated rings. The number of carboxylic acids is 1. The lowest BCUT2D eigenvalue weighted by molar-refractivity contribution is -0.144. The minimum absolute atomic E-state index is 0.0527. The number of carbonyl (C=O) groups excluding carboxylic acids is 1. The van der Waals surface area contributed by atoms with Gasteiger partial charge in [0.2, 0.25) is 0 Å². The molecule has 0 spiro atoms. The number of likely N-dealkylation sites (tertiary alicyclic amines) is 2. The van der Waals surface area contributed by atoms with E-state index in [4.69, 9.17) is 0 Å². The van der Waals surface area contributed by atoms with Gasteiger partial charge in [-0.3, -0.25) is 0 Å². The molecule has 5 nitrogen and oxygen atoms in total. The van der Waals surface area contributed by atoms with Crippen molar-refractivity contribution >= 4 is 12.0 Å². The number of hydrogen-bond acceptors (Lipinski definition) is 2. The number of nitrogens with zero attached hydrogens (tertiary/aromatic N) is 2. The zero-order valence-electron chi connectivity index (χ0n) is 13.3. The summed E-state index contributed by atoms with van der Waals surface area (Å²) >= 11 is 0. The van der Waals surface area contributed by atoms with Crippen molar-refractivity contribution in [1.82, 2.24) is 9.80 Å². The Morgan fingerprint density at radius 3 is 2.52 bits per heavy atom. The maximum absolute atomic E-state index is 12.9. The molecule has 3 atom stereocenters. The van der Waals surface area contributed by atoms with E-state index in [1.54, 1.807) is 4.90 Å². The molecule has 3 unspecified atom stereocenters. The summed E-state index contributed by atoms with van der Waals surface area (Å²) in [5.41, 5.74) is 0. The molecule has 2 heterocycles. The molecule has 0 radical (unpaired) electrons. The third kappa shape index (κ3) is 3.69. The summed E-state index contributed by atoms with van der Waals surface area (Å²) < 4.78 is 0. The van der Waals surface area contributed by atoms with E-state index >= 15 is 0 Å². The van der Waals surface area contributed by atoms with Crippen LogP contribution in [0.5, 0.6) is 0 Å². The van der Waals surface area contributed by atoms with Crippen molar-refractivity contribution in [3.63, 3.8) is 0 Å². The van der Waals surface area contributed by atoms with Crippen LogP contribution in [0.1, 0.15) is 58.8 Å². The Kier molecular flexibility index (Phi) is 5.48. The van der Waals surface area contributed by atoms with Crippen molar-refractivity contribution in [3.8, 4) is 0 Å². The Morgan fingerprint density at radius 1 is 1.10 bits per heavy atom. The molecule has 1 N–H and O–H groups in total. The lowest BCUT2D eigenvalue weighted by atomic mass is 9.92. The van der Waals surface area contributed by atoms with Crippen molar-refractivity contribution in [3.05, 3.63) is 0 Å². The van der Waals surface area contributed by atoms with E-state index in [0.717, 1.165) is 32.2 Å². The quantitative estimate of drug-likeness (QED) is 0.852. The third-order valence-corrected chi connectivity index (χ3v) is 4.99. The second kappa shape index (κ2) is 7.14. The number of carbonyl (C=O) groups is 2. The molecule has 0 aromatic carbocycles. The first-order chi connectivity index (χ1) is 10.0. The van der Waals surface area contributed by atoms with Crippen molar-refractivity contribution < 1.29 is 14.7 Å². The van der Waals surface area contributed by atoms with Crippen LogP contribution in [-0.2, 0) is 4.79 Å². The van der Waals surface area contributed by atoms with E-state index in [1.165, 1.54) is 12.8 Å². The highest BCUT2D eigenvalue weighted by atomic mass is 16.4. The first kappa shape index (κ1) is 16.1. The molecule has 5 heteroatoms. The van der Waals surface area contributed by atoms with Crippen molar-refractivity contribution in [2.45, 2.75) is 70.9 Å². The Hall–Kier alpha value is -1.26. The minimum Gasteiger partial charge on any atom is -0.480 e. The molecule has 0 aromatic heterocycles. The van der Waals surface area contributed by atoms with Crippen LogP contribution in [0.15, 0.2) is 0 Å². The van der Waals surface area contributed by atoms with Gasteiger partial charge in [-0.15, -0.1) is 0 Å². The summed E-state index contributed by atoms with van der Waals surface area (Å²) in [5, 5.41) is 9.44. The number of carboxylic acid groups (broad SMARTS) is 1. The van der Waals surface area contributed by atoms with E-state index in [9.17, 15) is 14.7 Å². The average Bonchev–Trinajstić information content (AvgIpc) is 2.71. The zero-order chi connectivity index (χ0) is 15.4. The van der Waals surface area contributed by atoms with Gasteiger partial charge >= 0.3 is 12.0 Å². The first-order valence-corrected chi connectivity index (χ1v) is 8.34. The van der Waals surface area contributed by atoms with Crippen molar-refractivity contribution in [1.29, 1.82) is 0 Å². The number of rotatable bonds is 2. The van der Waals surface area contributed by atoms with Gasteiger partial charge in [-0.1, -0.05) is 26.7 Å². The molecule has 0 aromatic rings. The Bertz CT molecular complexity index is 386. The Morgan fingerprint density at radius 2 is 1.86 bits per heavy atom. The van der Waals surface area contributed by atoms with Crippen LogP contribution >= 0.6 is 0 Å². The highest BCUT2D eigenvalue weighted by Crippen LogP contribution is 2.27. The number of piperidine rings is 1. The molecule has 120 valence electrons. The van der Waals surface area contributed by atoms with Crippen molar-refractivity contribution in [2.24, 2.45) is 5.92 Å². The zero-order valence-corrected chi connectivity index (χ0v) is 13.3. The molecular formula is C16H28N2O3. The van der Waals surface area contributed by atoms with Gasteiger partial charge in [-0.05, 0) is 38.0 Å². The second-order valence-corrected chi connectivity index (χ2v) is 6.56. The van der Waals surface area contributed by atoms with Crippen LogP contribution in [0.4, 0.5) is 4.79 Å². The third-order valence-electron chi connectivity index (χ3n) is 4.99. The topological polar surface area (TPSA) is 60.9 Å². The fraction of sp³-hybridized carbons (Fsp3) is 0.875. The normalized spacial score (nSPS) is 30.9. The van der Waals surface area contributed by atoms with Gasteiger partial charge in [-0.25, -0.2) is 9.59 Å². The van der Waals surface area contributed by atoms with Gasteiger partial charge in [0, 0.05) is 19.1 Å². The molecule has 2 amide bonds. The highest BCUT2D eigenvalue weighted by Gasteiger charge is 2.38. The van der Waals surface area contributed by atoms with Gasteiger partial charge in [-0.2, -0.15) is 0 Å². The maximum Gasteiger partial charge on any atom is 0.326 e. The summed E-state index contributed by atoms with van der Waals surface area (Å²) in [6.45, 7) is 5.53. The summed E-state index contributed by atoms with van der Waals surface area (Å²) in [6, 6.07) is -0.432. The molecule has 2 aliphatic heterocycles. The minimum atomic E-state index is -0.863. The fourth-order valence-electron chi connectivity index (χ4n) is 3.62. The molecule has 2 saturated heterocycles. The summed E-state index contributed by atoms with van der Waals surface area (Å²) in [4.78, 5) is 27.9. The van der Waals surface area contributed by atoms with E-state index in [1.807, 2.05) is 4.90 Å². The lowest BCUT2D eigenvalue weighted by Gasteiger charge is -2.41. The molecular weight excluding hydrogens is 268 g/mol. The van der Waals surface area contributed by atoms with Crippen LogP contribution in [-0.4, -0.2) is 52.1 Å². The van der Waals surface area contributed by atoms with Crippen LogP contribution in [0.25, 0.3) is 0 Å². The lowest BCUT2D eigenvalue weighted by Crippen LogP contribution is -2.56. The molecule has 0 aliphatic carbocycles. The first-order valence-electron chi connectivity index (χ1n) is 8.34. The second-order valence-electron chi connectivity index (χ2n) is 6.56. The van der Waals surface area contributed by atoms with Gasteiger partial charge in [0.25, 0.3) is 0 Å². The van der Waals surface area contributed by atoms with Crippen LogP contribution in [0, 0.1) is 5.92 Å². The van der Waals surface area contributed by atoms with Gasteiger partial charge in [0.05, 0.1) is 0 Å². The highest BCUT2D eigenvalue weighted by molar-refractivity contribution is 5.83. The smallest absolute Gasteiger partial charge is 0.326 e.